The summed E-state index contributed by atoms with van der Waals surface area (Å²) in [4.78, 5) is 11.8. The van der Waals surface area contributed by atoms with Crippen LogP contribution in [-0.2, 0) is 4.79 Å². The summed E-state index contributed by atoms with van der Waals surface area (Å²) in [5.41, 5.74) is 1.47. The highest BCUT2D eigenvalue weighted by atomic mass is 16.5. The number of rotatable bonds is 4. The first-order valence-corrected chi connectivity index (χ1v) is 6.14. The van der Waals surface area contributed by atoms with Crippen molar-refractivity contribution in [3.8, 4) is 17.9 Å². The zero-order chi connectivity index (χ0) is 15.1. The third-order valence-corrected chi connectivity index (χ3v) is 2.61. The van der Waals surface area contributed by atoms with Gasteiger partial charge >= 0.3 is 0 Å². The second-order valence-electron chi connectivity index (χ2n) is 4.17. The number of nitriles is 2. The molecule has 2 rings (SSSR count). The number of carbonyl (C=O) groups is 1. The zero-order valence-electron chi connectivity index (χ0n) is 11.0. The number of ether oxygens (including phenoxy) is 1. The van der Waals surface area contributed by atoms with Gasteiger partial charge < -0.3 is 10.1 Å². The van der Waals surface area contributed by atoms with Crippen LogP contribution in [0.25, 0.3) is 0 Å². The van der Waals surface area contributed by atoms with Gasteiger partial charge in [0.2, 0.25) is 0 Å². The van der Waals surface area contributed by atoms with E-state index in [0.29, 0.717) is 22.6 Å². The Morgan fingerprint density at radius 3 is 2.43 bits per heavy atom. The second kappa shape index (κ2) is 6.74. The van der Waals surface area contributed by atoms with Gasteiger partial charge in [-0.15, -0.1) is 0 Å². The van der Waals surface area contributed by atoms with Crippen molar-refractivity contribution in [1.29, 1.82) is 10.5 Å². The Hall–Kier alpha value is -3.31. The van der Waals surface area contributed by atoms with Crippen LogP contribution in [0, 0.1) is 22.7 Å². The standard InChI is InChI=1S/C16H11N3O2/c17-9-12-3-1-5-14(7-12)19-16(20)11-21-15-6-2-4-13(8-15)10-18/h1-8H,11H2,(H,19,20). The highest BCUT2D eigenvalue weighted by molar-refractivity contribution is 5.92. The highest BCUT2D eigenvalue weighted by Crippen LogP contribution is 2.13. The maximum Gasteiger partial charge on any atom is 0.262 e. The number of hydrogen-bond donors (Lipinski definition) is 1. The third kappa shape index (κ3) is 4.09. The number of amides is 1. The minimum Gasteiger partial charge on any atom is -0.484 e. The predicted octanol–water partition coefficient (Wildman–Crippen LogP) is 2.45. The molecule has 0 bridgehead atoms. The molecule has 0 heterocycles. The van der Waals surface area contributed by atoms with Crippen LogP contribution in [0.1, 0.15) is 11.1 Å². The van der Waals surface area contributed by atoms with Gasteiger partial charge in [-0.05, 0) is 36.4 Å². The van der Waals surface area contributed by atoms with Crippen molar-refractivity contribution in [3.63, 3.8) is 0 Å². The van der Waals surface area contributed by atoms with Crippen molar-refractivity contribution in [1.82, 2.24) is 0 Å². The van der Waals surface area contributed by atoms with Gasteiger partial charge in [0.15, 0.2) is 6.61 Å². The Kier molecular flexibility index (Phi) is 4.53. The molecule has 0 spiro atoms. The van der Waals surface area contributed by atoms with E-state index < -0.39 is 0 Å². The SMILES string of the molecule is N#Cc1cccc(NC(=O)COc2cccc(C#N)c2)c1. The minimum absolute atomic E-state index is 0.175. The van der Waals surface area contributed by atoms with Gasteiger partial charge in [0, 0.05) is 5.69 Å². The van der Waals surface area contributed by atoms with E-state index >= 15 is 0 Å². The molecule has 0 radical (unpaired) electrons. The fourth-order valence-corrected chi connectivity index (χ4v) is 1.67. The average molecular weight is 277 g/mol. The van der Waals surface area contributed by atoms with Crippen LogP contribution in [0.5, 0.6) is 5.75 Å². The fourth-order valence-electron chi connectivity index (χ4n) is 1.67. The summed E-state index contributed by atoms with van der Waals surface area (Å²) in [7, 11) is 0. The van der Waals surface area contributed by atoms with Crippen LogP contribution < -0.4 is 10.1 Å². The largest absolute Gasteiger partial charge is 0.484 e. The number of hydrogen-bond acceptors (Lipinski definition) is 4. The van der Waals surface area contributed by atoms with Crippen molar-refractivity contribution in [2.75, 3.05) is 11.9 Å². The summed E-state index contributed by atoms with van der Waals surface area (Å²) in [6.45, 7) is -0.175. The summed E-state index contributed by atoms with van der Waals surface area (Å²) in [5, 5.41) is 20.2. The first-order valence-electron chi connectivity index (χ1n) is 6.14. The first-order chi connectivity index (χ1) is 10.2. The van der Waals surface area contributed by atoms with Gasteiger partial charge in [0.05, 0.1) is 23.3 Å². The molecule has 0 aliphatic rings. The van der Waals surface area contributed by atoms with Crippen LogP contribution in [-0.4, -0.2) is 12.5 Å². The van der Waals surface area contributed by atoms with E-state index in [4.69, 9.17) is 15.3 Å². The lowest BCUT2D eigenvalue weighted by atomic mass is 10.2. The molecule has 0 aromatic heterocycles. The molecule has 0 unspecified atom stereocenters. The molecule has 1 amide bonds. The van der Waals surface area contributed by atoms with E-state index in [1.807, 2.05) is 12.1 Å². The normalized spacial score (nSPS) is 9.24. The molecule has 0 fully saturated rings. The molecule has 0 aliphatic carbocycles. The molecular weight excluding hydrogens is 266 g/mol. The van der Waals surface area contributed by atoms with E-state index in [-0.39, 0.29) is 12.5 Å². The van der Waals surface area contributed by atoms with Crippen molar-refractivity contribution in [3.05, 3.63) is 59.7 Å². The molecule has 5 nitrogen and oxygen atoms in total. The van der Waals surface area contributed by atoms with E-state index in [9.17, 15) is 4.79 Å². The molecule has 102 valence electrons. The van der Waals surface area contributed by atoms with Crippen LogP contribution in [0.15, 0.2) is 48.5 Å². The Balaban J connectivity index is 1.93. The average Bonchev–Trinajstić information content (AvgIpc) is 2.53. The molecule has 1 N–H and O–H groups in total. The van der Waals surface area contributed by atoms with Gasteiger partial charge in [-0.1, -0.05) is 12.1 Å². The quantitative estimate of drug-likeness (QED) is 0.930. The van der Waals surface area contributed by atoms with Crippen molar-refractivity contribution in [2.24, 2.45) is 0 Å². The topological polar surface area (TPSA) is 85.9 Å². The maximum atomic E-state index is 11.8. The zero-order valence-corrected chi connectivity index (χ0v) is 11.0. The van der Waals surface area contributed by atoms with E-state index in [2.05, 4.69) is 5.32 Å². The Morgan fingerprint density at radius 1 is 1.05 bits per heavy atom. The number of benzene rings is 2. The number of anilines is 1. The van der Waals surface area contributed by atoms with Crippen molar-refractivity contribution in [2.45, 2.75) is 0 Å². The molecule has 2 aromatic rings. The van der Waals surface area contributed by atoms with Crippen LogP contribution in [0.3, 0.4) is 0 Å². The smallest absolute Gasteiger partial charge is 0.262 e. The molecule has 0 atom stereocenters. The first kappa shape index (κ1) is 14.1. The number of carbonyl (C=O) groups excluding carboxylic acids is 1. The predicted molar refractivity (Wildman–Crippen MR) is 76.4 cm³/mol. The summed E-state index contributed by atoms with van der Waals surface area (Å²) in [6, 6.07) is 17.2. The molecule has 5 heteroatoms. The molecule has 21 heavy (non-hydrogen) atoms. The Morgan fingerprint density at radius 2 is 1.71 bits per heavy atom. The van der Waals surface area contributed by atoms with E-state index in [0.717, 1.165) is 0 Å². The molecule has 0 aliphatic heterocycles. The van der Waals surface area contributed by atoms with Crippen LogP contribution >= 0.6 is 0 Å². The summed E-state index contributed by atoms with van der Waals surface area (Å²) in [5.74, 6) is 0.113. The van der Waals surface area contributed by atoms with Gasteiger partial charge in [-0.25, -0.2) is 0 Å². The molecule has 2 aromatic carbocycles. The van der Waals surface area contributed by atoms with Crippen molar-refractivity contribution < 1.29 is 9.53 Å². The van der Waals surface area contributed by atoms with Crippen molar-refractivity contribution >= 4 is 11.6 Å². The van der Waals surface area contributed by atoms with E-state index in [1.54, 1.807) is 48.5 Å². The number of nitrogens with one attached hydrogen (secondary N) is 1. The molecule has 0 saturated heterocycles. The molecule has 0 saturated carbocycles. The second-order valence-corrected chi connectivity index (χ2v) is 4.17. The van der Waals surface area contributed by atoms with Gasteiger partial charge in [0.1, 0.15) is 5.75 Å². The molecular formula is C16H11N3O2. The van der Waals surface area contributed by atoms with Crippen LogP contribution in [0.4, 0.5) is 5.69 Å². The summed E-state index contributed by atoms with van der Waals surface area (Å²) in [6.07, 6.45) is 0. The van der Waals surface area contributed by atoms with E-state index in [1.165, 1.54) is 0 Å². The number of nitrogens with zero attached hydrogens (tertiary/aromatic N) is 2. The maximum absolute atomic E-state index is 11.8. The minimum atomic E-state index is -0.340. The monoisotopic (exact) mass is 277 g/mol. The lowest BCUT2D eigenvalue weighted by Gasteiger charge is -2.07. The summed E-state index contributed by atoms with van der Waals surface area (Å²) >= 11 is 0. The van der Waals surface area contributed by atoms with Gasteiger partial charge in [0.25, 0.3) is 5.91 Å². The third-order valence-electron chi connectivity index (χ3n) is 2.61. The fraction of sp³-hybridized carbons (Fsp3) is 0.0625. The summed E-state index contributed by atoms with van der Waals surface area (Å²) < 4.78 is 5.31. The van der Waals surface area contributed by atoms with Gasteiger partial charge in [-0.2, -0.15) is 10.5 Å². The van der Waals surface area contributed by atoms with Gasteiger partial charge in [-0.3, -0.25) is 4.79 Å². The lowest BCUT2D eigenvalue weighted by molar-refractivity contribution is -0.118. The highest BCUT2D eigenvalue weighted by Gasteiger charge is 2.05. The Bertz CT molecular complexity index is 742. The lowest BCUT2D eigenvalue weighted by Crippen LogP contribution is -2.20. The Labute approximate surface area is 122 Å². The van der Waals surface area contributed by atoms with Crippen LogP contribution in [0.2, 0.25) is 0 Å².